The van der Waals surface area contributed by atoms with E-state index in [0.717, 1.165) is 18.6 Å². The molecule has 0 aliphatic rings. The van der Waals surface area contributed by atoms with Gasteiger partial charge in [0, 0.05) is 16.5 Å². The maximum atomic E-state index is 9.07. The van der Waals surface area contributed by atoms with E-state index in [1.54, 1.807) is 0 Å². The van der Waals surface area contributed by atoms with Crippen molar-refractivity contribution in [3.05, 3.63) is 72.8 Å². The van der Waals surface area contributed by atoms with Crippen molar-refractivity contribution < 1.29 is 5.02 Å². The maximum Gasteiger partial charge on any atom is 0.326 e. The van der Waals surface area contributed by atoms with Gasteiger partial charge in [-0.3, -0.25) is 0 Å². The Labute approximate surface area is 123 Å². The summed E-state index contributed by atoms with van der Waals surface area (Å²) in [5.41, 5.74) is 4.29. The van der Waals surface area contributed by atoms with Gasteiger partial charge in [-0.2, -0.15) is 0 Å². The summed E-state index contributed by atoms with van der Waals surface area (Å²) in [6.45, 7) is 0. The van der Waals surface area contributed by atoms with Gasteiger partial charge in [-0.05, 0) is 24.3 Å². The summed E-state index contributed by atoms with van der Waals surface area (Å²) in [5, 5.41) is 11.6. The molecule has 0 aliphatic carbocycles. The third-order valence-corrected chi connectivity index (χ3v) is 3.88. The highest BCUT2D eigenvalue weighted by atomic mass is 16.2. The lowest BCUT2D eigenvalue weighted by Gasteiger charge is -2.08. The molecule has 21 heavy (non-hydrogen) atoms. The second-order valence-corrected chi connectivity index (χ2v) is 5.09. The molecule has 3 heteroatoms. The van der Waals surface area contributed by atoms with Crippen LogP contribution >= 0.6 is 0 Å². The van der Waals surface area contributed by atoms with E-state index in [9.17, 15) is 0 Å². The Morgan fingerprint density at radius 3 is 1.71 bits per heavy atom. The summed E-state index contributed by atoms with van der Waals surface area (Å²) < 4.78 is 2.26. The second-order valence-electron chi connectivity index (χ2n) is 5.09. The van der Waals surface area contributed by atoms with Crippen LogP contribution in [0.5, 0.6) is 0 Å². The van der Waals surface area contributed by atoms with Crippen molar-refractivity contribution in [2.24, 2.45) is 0 Å². The van der Waals surface area contributed by atoms with Gasteiger partial charge in [-0.25, -0.2) is 0 Å². The number of benzene rings is 3. The van der Waals surface area contributed by atoms with E-state index in [2.05, 4.69) is 53.1 Å². The highest BCUT2D eigenvalue weighted by Gasteiger charge is 2.10. The van der Waals surface area contributed by atoms with E-state index < -0.39 is 0 Å². The van der Waals surface area contributed by atoms with Crippen molar-refractivity contribution >= 4 is 34.8 Å². The lowest BCUT2D eigenvalue weighted by molar-refractivity contribution is 0.615. The first-order chi connectivity index (χ1) is 10.4. The zero-order chi connectivity index (χ0) is 14.2. The van der Waals surface area contributed by atoms with E-state index in [1.165, 1.54) is 21.8 Å². The molecule has 1 heterocycles. The summed E-state index contributed by atoms with van der Waals surface area (Å²) in [4.78, 5) is 0. The zero-order valence-electron chi connectivity index (χ0n) is 11.4. The fourth-order valence-electron chi connectivity index (χ4n) is 2.91. The van der Waals surface area contributed by atoms with Crippen LogP contribution < -0.4 is 5.46 Å². The molecule has 4 rings (SSSR count). The summed E-state index contributed by atoms with van der Waals surface area (Å²) in [5.74, 6) is 0. The van der Waals surface area contributed by atoms with Crippen LogP contribution in [0.3, 0.4) is 0 Å². The highest BCUT2D eigenvalue weighted by molar-refractivity contribution is 6.45. The van der Waals surface area contributed by atoms with E-state index >= 15 is 0 Å². The molecule has 3 aromatic carbocycles. The molecular weight excluding hydrogens is 257 g/mol. The van der Waals surface area contributed by atoms with Gasteiger partial charge in [-0.15, -0.1) is 0 Å². The third kappa shape index (κ3) is 1.86. The molecule has 0 unspecified atom stereocenters. The number of aromatic nitrogens is 1. The molecule has 0 saturated carbocycles. The molecule has 2 nitrogen and oxygen atoms in total. The second kappa shape index (κ2) is 4.79. The van der Waals surface area contributed by atoms with Crippen LogP contribution in [-0.4, -0.2) is 17.1 Å². The van der Waals surface area contributed by atoms with Crippen molar-refractivity contribution in [3.63, 3.8) is 0 Å². The Hall–Kier alpha value is -2.52. The smallest absolute Gasteiger partial charge is 0.326 e. The van der Waals surface area contributed by atoms with Gasteiger partial charge in [0.05, 0.1) is 11.0 Å². The summed E-state index contributed by atoms with van der Waals surface area (Å²) in [7, 11) is 1.12. The fourth-order valence-corrected chi connectivity index (χ4v) is 2.91. The van der Waals surface area contributed by atoms with Crippen molar-refractivity contribution in [1.82, 2.24) is 4.57 Å². The Morgan fingerprint density at radius 1 is 0.667 bits per heavy atom. The van der Waals surface area contributed by atoms with Crippen LogP contribution in [0, 0.1) is 0 Å². The minimum atomic E-state index is 0.805. The molecule has 1 radical (unpaired) electrons. The van der Waals surface area contributed by atoms with E-state index in [1.807, 2.05) is 24.3 Å². The summed E-state index contributed by atoms with van der Waals surface area (Å²) in [6, 6.07) is 24.8. The minimum Gasteiger partial charge on any atom is -0.450 e. The summed E-state index contributed by atoms with van der Waals surface area (Å²) in [6.07, 6.45) is 0. The Kier molecular flexibility index (Phi) is 2.79. The number of rotatable bonds is 2. The van der Waals surface area contributed by atoms with Crippen LogP contribution in [0.15, 0.2) is 72.8 Å². The maximum absolute atomic E-state index is 9.07. The minimum absolute atomic E-state index is 0.805. The van der Waals surface area contributed by atoms with E-state index in [0.29, 0.717) is 0 Å². The topological polar surface area (TPSA) is 25.2 Å². The van der Waals surface area contributed by atoms with E-state index in [4.69, 9.17) is 5.02 Å². The van der Waals surface area contributed by atoms with Gasteiger partial charge < -0.3 is 9.59 Å². The molecule has 99 valence electrons. The van der Waals surface area contributed by atoms with Crippen LogP contribution in [0.2, 0.25) is 0 Å². The van der Waals surface area contributed by atoms with Crippen LogP contribution in [0.1, 0.15) is 0 Å². The van der Waals surface area contributed by atoms with Crippen LogP contribution in [0.25, 0.3) is 27.5 Å². The lowest BCUT2D eigenvalue weighted by Crippen LogP contribution is -2.12. The Morgan fingerprint density at radius 2 is 1.19 bits per heavy atom. The zero-order valence-corrected chi connectivity index (χ0v) is 11.4. The first-order valence-corrected chi connectivity index (χ1v) is 6.94. The molecule has 0 fully saturated rings. The van der Waals surface area contributed by atoms with Crippen molar-refractivity contribution in [1.29, 1.82) is 0 Å². The molecule has 0 spiro atoms. The molecule has 4 aromatic rings. The first-order valence-electron chi connectivity index (χ1n) is 6.94. The fraction of sp³-hybridized carbons (Fsp3) is 0. The van der Waals surface area contributed by atoms with Gasteiger partial charge in [0.25, 0.3) is 0 Å². The van der Waals surface area contributed by atoms with Gasteiger partial charge in [0.1, 0.15) is 0 Å². The molecule has 0 amide bonds. The van der Waals surface area contributed by atoms with Crippen molar-refractivity contribution in [2.75, 3.05) is 0 Å². The molecule has 1 aromatic heterocycles. The van der Waals surface area contributed by atoms with Crippen molar-refractivity contribution in [3.8, 4) is 5.69 Å². The van der Waals surface area contributed by atoms with Gasteiger partial charge in [-0.1, -0.05) is 54.0 Å². The monoisotopic (exact) mass is 270 g/mol. The molecule has 0 bridgehead atoms. The lowest BCUT2D eigenvalue weighted by atomic mass is 9.89. The predicted molar refractivity (Wildman–Crippen MR) is 88.4 cm³/mol. The third-order valence-electron chi connectivity index (χ3n) is 3.88. The molecule has 0 aliphatic heterocycles. The van der Waals surface area contributed by atoms with Crippen LogP contribution in [0.4, 0.5) is 0 Å². The number of nitrogens with zero attached hydrogens (tertiary/aromatic N) is 1. The summed E-state index contributed by atoms with van der Waals surface area (Å²) >= 11 is 0. The quantitative estimate of drug-likeness (QED) is 0.556. The van der Waals surface area contributed by atoms with Gasteiger partial charge >= 0.3 is 7.48 Å². The molecular formula is C18H13BNO. The van der Waals surface area contributed by atoms with E-state index in [-0.39, 0.29) is 0 Å². The molecule has 1 N–H and O–H groups in total. The largest absolute Gasteiger partial charge is 0.450 e. The number of hydrogen-bond acceptors (Lipinski definition) is 1. The highest BCUT2D eigenvalue weighted by Crippen LogP contribution is 2.31. The van der Waals surface area contributed by atoms with Gasteiger partial charge in [0.2, 0.25) is 0 Å². The Balaban J connectivity index is 2.09. The van der Waals surface area contributed by atoms with Crippen molar-refractivity contribution in [2.45, 2.75) is 0 Å². The number of hydrogen-bond donors (Lipinski definition) is 1. The normalized spacial score (nSPS) is 11.1. The standard InChI is InChI=1S/C18H13BNO/c21-19-13-9-11-14(12-10-13)20-17-7-3-1-5-15(17)16-6-2-4-8-18(16)20/h1-12,21H. The average molecular weight is 270 g/mol. The SMILES string of the molecule is O[B]c1ccc(-n2c3ccccc3c3ccccc32)cc1. The van der Waals surface area contributed by atoms with Crippen LogP contribution in [-0.2, 0) is 0 Å². The average Bonchev–Trinajstić information content (AvgIpc) is 2.90. The number of para-hydroxylation sites is 2. The Bertz CT molecular complexity index is 872. The molecule has 0 atom stereocenters. The molecule has 0 saturated heterocycles. The predicted octanol–water partition coefficient (Wildman–Crippen LogP) is 3.02. The first kappa shape index (κ1) is 12.2. The van der Waals surface area contributed by atoms with Gasteiger partial charge in [0.15, 0.2) is 0 Å². The number of fused-ring (bicyclic) bond motifs is 3.